The highest BCUT2D eigenvalue weighted by molar-refractivity contribution is 5.97. The third kappa shape index (κ3) is 3.25. The average molecular weight is 323 g/mol. The van der Waals surface area contributed by atoms with Crippen molar-refractivity contribution in [1.29, 1.82) is 0 Å². The van der Waals surface area contributed by atoms with E-state index in [4.69, 9.17) is 9.84 Å². The van der Waals surface area contributed by atoms with Crippen molar-refractivity contribution in [3.63, 3.8) is 0 Å². The summed E-state index contributed by atoms with van der Waals surface area (Å²) in [5, 5.41) is 23.7. The van der Waals surface area contributed by atoms with Gasteiger partial charge in [0.1, 0.15) is 17.1 Å². The number of hydrogen-bond donors (Lipinski definition) is 3. The van der Waals surface area contributed by atoms with Crippen LogP contribution >= 0.6 is 0 Å². The van der Waals surface area contributed by atoms with Crippen LogP contribution in [0.5, 0.6) is 11.5 Å². The van der Waals surface area contributed by atoms with Crippen LogP contribution in [-0.2, 0) is 6.54 Å². The minimum absolute atomic E-state index is 0.0947. The Balaban J connectivity index is 1.81. The van der Waals surface area contributed by atoms with Gasteiger partial charge in [-0.1, -0.05) is 12.1 Å². The molecule has 0 fully saturated rings. The molecule has 3 rings (SSSR count). The minimum atomic E-state index is -1.14. The monoisotopic (exact) mass is 323 g/mol. The van der Waals surface area contributed by atoms with Crippen molar-refractivity contribution in [2.24, 2.45) is 0 Å². The number of anilines is 1. The highest BCUT2D eigenvalue weighted by Crippen LogP contribution is 2.26. The predicted octanol–water partition coefficient (Wildman–Crippen LogP) is 3.86. The molecule has 0 aromatic heterocycles. The lowest BCUT2D eigenvalue weighted by molar-refractivity contribution is 0.0694. The summed E-state index contributed by atoms with van der Waals surface area (Å²) in [6.07, 6.45) is 0. The van der Waals surface area contributed by atoms with E-state index in [-0.39, 0.29) is 11.3 Å². The molecule has 3 N–H and O–H groups in total. The first-order chi connectivity index (χ1) is 11.6. The van der Waals surface area contributed by atoms with E-state index < -0.39 is 5.97 Å². The van der Waals surface area contributed by atoms with Crippen LogP contribution in [0.3, 0.4) is 0 Å². The molecule has 0 heterocycles. The van der Waals surface area contributed by atoms with Crippen molar-refractivity contribution < 1.29 is 19.7 Å². The van der Waals surface area contributed by atoms with Gasteiger partial charge in [-0.3, -0.25) is 0 Å². The van der Waals surface area contributed by atoms with Gasteiger partial charge in [-0.05, 0) is 58.8 Å². The Labute approximate surface area is 139 Å². The molecule has 5 nitrogen and oxygen atoms in total. The first-order valence-electron chi connectivity index (χ1n) is 7.43. The Morgan fingerprint density at radius 1 is 1.04 bits per heavy atom. The number of hydrogen-bond acceptors (Lipinski definition) is 4. The van der Waals surface area contributed by atoms with Crippen molar-refractivity contribution >= 4 is 22.4 Å². The number of phenols is 1. The van der Waals surface area contributed by atoms with Gasteiger partial charge >= 0.3 is 5.97 Å². The second kappa shape index (κ2) is 6.50. The van der Waals surface area contributed by atoms with Crippen LogP contribution in [0.15, 0.2) is 54.6 Å². The summed E-state index contributed by atoms with van der Waals surface area (Å²) >= 11 is 0. The SMILES string of the molecule is COc1ccc(NCc2ccc3cc(O)c(C(=O)O)cc3c2)cc1. The standard InChI is InChI=1S/C19H17NO4/c1-24-16-6-4-15(5-7-16)20-11-12-2-3-13-10-18(21)17(19(22)23)9-14(13)8-12/h2-10,20-21H,11H2,1H3,(H,22,23). The fourth-order valence-corrected chi connectivity index (χ4v) is 2.53. The molecule has 0 atom stereocenters. The number of benzene rings is 3. The number of aromatic hydroxyl groups is 1. The van der Waals surface area contributed by atoms with Gasteiger partial charge < -0.3 is 20.3 Å². The average Bonchev–Trinajstić information content (AvgIpc) is 2.59. The zero-order valence-corrected chi connectivity index (χ0v) is 13.1. The third-order valence-electron chi connectivity index (χ3n) is 3.84. The van der Waals surface area contributed by atoms with E-state index >= 15 is 0 Å². The zero-order chi connectivity index (χ0) is 17.1. The number of fused-ring (bicyclic) bond motifs is 1. The lowest BCUT2D eigenvalue weighted by atomic mass is 10.0. The topological polar surface area (TPSA) is 78.8 Å². The molecule has 0 bridgehead atoms. The van der Waals surface area contributed by atoms with Gasteiger partial charge in [0.05, 0.1) is 7.11 Å². The van der Waals surface area contributed by atoms with E-state index in [9.17, 15) is 9.90 Å². The lowest BCUT2D eigenvalue weighted by Crippen LogP contribution is -2.00. The summed E-state index contributed by atoms with van der Waals surface area (Å²) in [6, 6.07) is 16.3. The van der Waals surface area contributed by atoms with Gasteiger partial charge in [0.2, 0.25) is 0 Å². The molecule has 3 aromatic carbocycles. The summed E-state index contributed by atoms with van der Waals surface area (Å²) in [5.41, 5.74) is 1.89. The highest BCUT2D eigenvalue weighted by atomic mass is 16.5. The van der Waals surface area contributed by atoms with Gasteiger partial charge in [-0.2, -0.15) is 0 Å². The maximum Gasteiger partial charge on any atom is 0.339 e. The largest absolute Gasteiger partial charge is 0.507 e. The van der Waals surface area contributed by atoms with Crippen molar-refractivity contribution in [2.75, 3.05) is 12.4 Å². The van der Waals surface area contributed by atoms with Crippen LogP contribution in [0.2, 0.25) is 0 Å². The minimum Gasteiger partial charge on any atom is -0.507 e. The first-order valence-corrected chi connectivity index (χ1v) is 7.43. The Kier molecular flexibility index (Phi) is 4.24. The maximum absolute atomic E-state index is 11.1. The van der Waals surface area contributed by atoms with E-state index in [0.29, 0.717) is 6.54 Å². The van der Waals surface area contributed by atoms with Crippen molar-refractivity contribution in [1.82, 2.24) is 0 Å². The third-order valence-corrected chi connectivity index (χ3v) is 3.84. The van der Waals surface area contributed by atoms with E-state index in [1.54, 1.807) is 7.11 Å². The normalized spacial score (nSPS) is 10.5. The van der Waals surface area contributed by atoms with Crippen LogP contribution < -0.4 is 10.1 Å². The molecule has 122 valence electrons. The summed E-state index contributed by atoms with van der Waals surface area (Å²) in [4.78, 5) is 11.1. The van der Waals surface area contributed by atoms with Crippen LogP contribution in [0.25, 0.3) is 10.8 Å². The Morgan fingerprint density at radius 2 is 1.79 bits per heavy atom. The fourth-order valence-electron chi connectivity index (χ4n) is 2.53. The van der Waals surface area contributed by atoms with Gasteiger partial charge in [0, 0.05) is 12.2 Å². The molecule has 0 saturated carbocycles. The second-order valence-electron chi connectivity index (χ2n) is 5.44. The smallest absolute Gasteiger partial charge is 0.339 e. The van der Waals surface area contributed by atoms with Crippen molar-refractivity contribution in [2.45, 2.75) is 6.54 Å². The molecule has 0 aliphatic rings. The van der Waals surface area contributed by atoms with E-state index in [1.807, 2.05) is 42.5 Å². The van der Waals surface area contributed by atoms with Crippen LogP contribution in [0.1, 0.15) is 15.9 Å². The van der Waals surface area contributed by atoms with Crippen LogP contribution in [0, 0.1) is 0 Å². The Morgan fingerprint density at radius 3 is 2.46 bits per heavy atom. The van der Waals surface area contributed by atoms with Gasteiger partial charge in [-0.25, -0.2) is 4.79 Å². The van der Waals surface area contributed by atoms with Gasteiger partial charge in [0.25, 0.3) is 0 Å². The predicted molar refractivity (Wildman–Crippen MR) is 92.9 cm³/mol. The van der Waals surface area contributed by atoms with E-state index in [1.165, 1.54) is 12.1 Å². The van der Waals surface area contributed by atoms with Gasteiger partial charge in [-0.15, -0.1) is 0 Å². The number of carboxylic acids is 1. The number of rotatable bonds is 5. The molecule has 0 unspecified atom stereocenters. The van der Waals surface area contributed by atoms with Crippen LogP contribution in [0.4, 0.5) is 5.69 Å². The number of aromatic carboxylic acids is 1. The molecular weight excluding hydrogens is 306 g/mol. The molecule has 0 saturated heterocycles. The van der Waals surface area contributed by atoms with E-state index in [0.717, 1.165) is 27.8 Å². The fraction of sp³-hybridized carbons (Fsp3) is 0.105. The molecule has 0 aliphatic heterocycles. The maximum atomic E-state index is 11.1. The Hall–Kier alpha value is -3.21. The number of ether oxygens (including phenoxy) is 1. The van der Waals surface area contributed by atoms with Crippen molar-refractivity contribution in [3.8, 4) is 11.5 Å². The second-order valence-corrected chi connectivity index (χ2v) is 5.44. The van der Waals surface area contributed by atoms with Crippen molar-refractivity contribution in [3.05, 3.63) is 65.7 Å². The zero-order valence-electron chi connectivity index (χ0n) is 13.1. The Bertz CT molecular complexity index is 888. The summed E-state index contributed by atoms with van der Waals surface area (Å²) in [7, 11) is 1.63. The molecule has 24 heavy (non-hydrogen) atoms. The number of nitrogens with one attached hydrogen (secondary N) is 1. The van der Waals surface area contributed by atoms with Crippen LogP contribution in [-0.4, -0.2) is 23.3 Å². The molecule has 3 aromatic rings. The molecule has 0 amide bonds. The molecule has 0 spiro atoms. The highest BCUT2D eigenvalue weighted by Gasteiger charge is 2.11. The molecule has 0 radical (unpaired) electrons. The molecular formula is C19H17NO4. The molecule has 5 heteroatoms. The summed E-state index contributed by atoms with van der Waals surface area (Å²) in [6.45, 7) is 0.603. The van der Waals surface area contributed by atoms with Gasteiger partial charge in [0.15, 0.2) is 0 Å². The first kappa shape index (κ1) is 15.7. The number of carbonyl (C=O) groups is 1. The summed E-state index contributed by atoms with van der Waals surface area (Å²) in [5.74, 6) is -0.567. The quantitative estimate of drug-likeness (QED) is 0.664. The number of carboxylic acid groups (broad SMARTS) is 1. The molecule has 0 aliphatic carbocycles. The summed E-state index contributed by atoms with van der Waals surface area (Å²) < 4.78 is 5.12. The van der Waals surface area contributed by atoms with E-state index in [2.05, 4.69) is 5.32 Å². The lowest BCUT2D eigenvalue weighted by Gasteiger charge is -2.09. The number of methoxy groups -OCH3 is 1.